The van der Waals surface area contributed by atoms with Gasteiger partial charge < -0.3 is 5.73 Å². The molecule has 0 aromatic carbocycles. The second-order valence-electron chi connectivity index (χ2n) is 4.46. The summed E-state index contributed by atoms with van der Waals surface area (Å²) >= 11 is 1.24. The van der Waals surface area contributed by atoms with Gasteiger partial charge in [-0.25, -0.2) is 12.7 Å². The lowest BCUT2D eigenvalue weighted by molar-refractivity contribution is 0.398. The molecule has 0 bridgehead atoms. The third kappa shape index (κ3) is 4.51. The molecule has 0 radical (unpaired) electrons. The molecular weight excluding hydrogens is 292 g/mol. The Kier molecular flexibility index (Phi) is 7.39. The van der Waals surface area contributed by atoms with E-state index in [4.69, 9.17) is 5.73 Å². The molecule has 7 heteroatoms. The van der Waals surface area contributed by atoms with Crippen LogP contribution in [0.1, 0.15) is 20.3 Å². The van der Waals surface area contributed by atoms with Gasteiger partial charge in [0.05, 0.1) is 0 Å². The van der Waals surface area contributed by atoms with Crippen molar-refractivity contribution in [3.8, 4) is 0 Å². The summed E-state index contributed by atoms with van der Waals surface area (Å²) in [6, 6.07) is 3.40. The first-order chi connectivity index (χ1) is 7.85. The van der Waals surface area contributed by atoms with E-state index in [1.807, 2.05) is 13.8 Å². The van der Waals surface area contributed by atoms with E-state index < -0.39 is 10.0 Å². The first kappa shape index (κ1) is 17.9. The minimum absolute atomic E-state index is 0. The molecule has 1 aromatic heterocycles. The summed E-state index contributed by atoms with van der Waals surface area (Å²) in [5, 5.41) is 1.76. The summed E-state index contributed by atoms with van der Waals surface area (Å²) in [5.41, 5.74) is 5.91. The van der Waals surface area contributed by atoms with Gasteiger partial charge in [0.1, 0.15) is 4.21 Å². The molecule has 1 atom stereocenters. The van der Waals surface area contributed by atoms with Crippen molar-refractivity contribution in [2.24, 2.45) is 11.7 Å². The minimum Gasteiger partial charge on any atom is -0.327 e. The Morgan fingerprint density at radius 3 is 2.50 bits per heavy atom. The Balaban J connectivity index is 0.00000289. The van der Waals surface area contributed by atoms with Crippen LogP contribution in [-0.2, 0) is 10.0 Å². The first-order valence-electron chi connectivity index (χ1n) is 5.61. The number of hydrogen-bond acceptors (Lipinski definition) is 4. The number of nitrogens with two attached hydrogens (primary N) is 1. The van der Waals surface area contributed by atoms with E-state index in [-0.39, 0.29) is 18.4 Å². The van der Waals surface area contributed by atoms with Gasteiger partial charge in [-0.3, -0.25) is 0 Å². The van der Waals surface area contributed by atoms with Crippen LogP contribution in [0.5, 0.6) is 0 Å². The second-order valence-corrected chi connectivity index (χ2v) is 7.67. The van der Waals surface area contributed by atoms with Crippen LogP contribution in [0.2, 0.25) is 0 Å². The average Bonchev–Trinajstić information content (AvgIpc) is 2.78. The molecule has 0 fully saturated rings. The quantitative estimate of drug-likeness (QED) is 0.875. The van der Waals surface area contributed by atoms with Crippen molar-refractivity contribution in [3.05, 3.63) is 17.5 Å². The number of hydrogen-bond donors (Lipinski definition) is 1. The summed E-state index contributed by atoms with van der Waals surface area (Å²) in [5.74, 6) is 0.368. The summed E-state index contributed by atoms with van der Waals surface area (Å²) in [6.07, 6.45) is 0.679. The predicted octanol–water partition coefficient (Wildman–Crippen LogP) is 2.16. The van der Waals surface area contributed by atoms with E-state index in [2.05, 4.69) is 0 Å². The molecule has 1 unspecified atom stereocenters. The largest absolute Gasteiger partial charge is 0.327 e. The molecule has 1 rings (SSSR count). The molecule has 0 amide bonds. The van der Waals surface area contributed by atoms with Crippen LogP contribution in [-0.4, -0.2) is 32.4 Å². The lowest BCUT2D eigenvalue weighted by Gasteiger charge is -2.20. The molecule has 106 valence electrons. The van der Waals surface area contributed by atoms with Gasteiger partial charge in [-0.15, -0.1) is 23.7 Å². The topological polar surface area (TPSA) is 63.4 Å². The Hall–Kier alpha value is -0.140. The highest BCUT2D eigenvalue weighted by Gasteiger charge is 2.22. The van der Waals surface area contributed by atoms with E-state index in [1.54, 1.807) is 24.6 Å². The monoisotopic (exact) mass is 312 g/mol. The summed E-state index contributed by atoms with van der Waals surface area (Å²) in [6.45, 7) is 4.54. The number of halogens is 1. The Labute approximate surface area is 120 Å². The van der Waals surface area contributed by atoms with Crippen molar-refractivity contribution < 1.29 is 8.42 Å². The van der Waals surface area contributed by atoms with E-state index in [9.17, 15) is 8.42 Å². The third-order valence-corrected chi connectivity index (χ3v) is 6.02. The van der Waals surface area contributed by atoms with Gasteiger partial charge >= 0.3 is 0 Å². The number of nitrogens with zero attached hydrogens (tertiary/aromatic N) is 1. The van der Waals surface area contributed by atoms with Crippen LogP contribution in [0.3, 0.4) is 0 Å². The minimum atomic E-state index is -3.32. The highest BCUT2D eigenvalue weighted by molar-refractivity contribution is 7.91. The van der Waals surface area contributed by atoms with Gasteiger partial charge in [0.25, 0.3) is 10.0 Å². The van der Waals surface area contributed by atoms with Crippen LogP contribution >= 0.6 is 23.7 Å². The SMILES string of the molecule is CC(C)C(N)CCN(C)S(=O)(=O)c1cccs1.Cl. The zero-order valence-corrected chi connectivity index (χ0v) is 13.3. The Bertz CT molecular complexity index is 432. The molecule has 0 saturated heterocycles. The predicted molar refractivity (Wildman–Crippen MR) is 78.8 cm³/mol. The standard InChI is InChI=1S/C11H20N2O2S2.ClH/c1-9(2)10(12)6-7-13(3)17(14,15)11-5-4-8-16-11;/h4-5,8-10H,6-7,12H2,1-3H3;1H. The smallest absolute Gasteiger partial charge is 0.252 e. The van der Waals surface area contributed by atoms with Crippen molar-refractivity contribution in [2.45, 2.75) is 30.5 Å². The lowest BCUT2D eigenvalue weighted by atomic mass is 10.0. The molecule has 4 nitrogen and oxygen atoms in total. The van der Waals surface area contributed by atoms with Gasteiger partial charge in [-0.05, 0) is 23.8 Å². The van der Waals surface area contributed by atoms with E-state index in [0.29, 0.717) is 23.1 Å². The lowest BCUT2D eigenvalue weighted by Crippen LogP contribution is -2.34. The molecule has 0 saturated carbocycles. The highest BCUT2D eigenvalue weighted by Crippen LogP contribution is 2.20. The second kappa shape index (κ2) is 7.45. The molecular formula is C11H21ClN2O2S2. The highest BCUT2D eigenvalue weighted by atomic mass is 35.5. The van der Waals surface area contributed by atoms with Gasteiger partial charge in [-0.2, -0.15) is 0 Å². The van der Waals surface area contributed by atoms with Crippen molar-refractivity contribution >= 4 is 33.8 Å². The van der Waals surface area contributed by atoms with Gasteiger partial charge in [0.2, 0.25) is 0 Å². The number of rotatable bonds is 6. The molecule has 1 heterocycles. The molecule has 0 spiro atoms. The van der Waals surface area contributed by atoms with Crippen LogP contribution in [0.15, 0.2) is 21.7 Å². The zero-order valence-electron chi connectivity index (χ0n) is 10.9. The molecule has 18 heavy (non-hydrogen) atoms. The maximum atomic E-state index is 12.1. The van der Waals surface area contributed by atoms with E-state index in [0.717, 1.165) is 0 Å². The van der Waals surface area contributed by atoms with Crippen LogP contribution in [0.4, 0.5) is 0 Å². The molecule has 0 aliphatic heterocycles. The first-order valence-corrected chi connectivity index (χ1v) is 7.93. The normalized spacial score (nSPS) is 13.7. The van der Waals surface area contributed by atoms with E-state index >= 15 is 0 Å². The van der Waals surface area contributed by atoms with Crippen LogP contribution in [0, 0.1) is 5.92 Å². The Morgan fingerprint density at radius 2 is 2.06 bits per heavy atom. The molecule has 0 aliphatic rings. The molecule has 0 aliphatic carbocycles. The number of thiophene rings is 1. The van der Waals surface area contributed by atoms with E-state index in [1.165, 1.54) is 15.6 Å². The fourth-order valence-electron chi connectivity index (χ4n) is 1.35. The van der Waals surface area contributed by atoms with Gasteiger partial charge in [0.15, 0.2) is 0 Å². The fraction of sp³-hybridized carbons (Fsp3) is 0.636. The summed E-state index contributed by atoms with van der Waals surface area (Å²) < 4.78 is 25.9. The van der Waals surface area contributed by atoms with Crippen molar-refractivity contribution in [1.82, 2.24) is 4.31 Å². The van der Waals surface area contributed by atoms with Crippen LogP contribution in [0.25, 0.3) is 0 Å². The van der Waals surface area contributed by atoms with Crippen molar-refractivity contribution in [3.63, 3.8) is 0 Å². The van der Waals surface area contributed by atoms with Gasteiger partial charge in [-0.1, -0.05) is 19.9 Å². The Morgan fingerprint density at radius 1 is 1.44 bits per heavy atom. The van der Waals surface area contributed by atoms with Gasteiger partial charge in [0, 0.05) is 19.6 Å². The maximum Gasteiger partial charge on any atom is 0.252 e. The van der Waals surface area contributed by atoms with Crippen LogP contribution < -0.4 is 5.73 Å². The van der Waals surface area contributed by atoms with Crippen molar-refractivity contribution in [1.29, 1.82) is 0 Å². The zero-order chi connectivity index (χ0) is 13.1. The maximum absolute atomic E-state index is 12.1. The molecule has 2 N–H and O–H groups in total. The summed E-state index contributed by atoms with van der Waals surface area (Å²) in [4.78, 5) is 0. The summed E-state index contributed by atoms with van der Waals surface area (Å²) in [7, 11) is -1.72. The third-order valence-electron chi connectivity index (χ3n) is 2.79. The fourth-order valence-corrected chi connectivity index (χ4v) is 3.73. The van der Waals surface area contributed by atoms with Crippen molar-refractivity contribution in [2.75, 3.05) is 13.6 Å². The average molecular weight is 313 g/mol. The number of sulfonamides is 1. The molecule has 1 aromatic rings.